The van der Waals surface area contributed by atoms with Crippen molar-refractivity contribution < 1.29 is 8.87 Å². The molecule has 0 saturated carbocycles. The average molecular weight is 182 g/mol. The predicted octanol–water partition coefficient (Wildman–Crippen LogP) is 1.27. The van der Waals surface area contributed by atoms with Gasteiger partial charge in [-0.3, -0.25) is 4.79 Å². The highest BCUT2D eigenvalue weighted by Crippen LogP contribution is 2.06. The number of para-hydroxylation sites is 1. The SMILES string of the molecule is O=c1c2ccccc2nc(F)n1F. The van der Waals surface area contributed by atoms with Crippen molar-refractivity contribution in [1.29, 1.82) is 0 Å². The van der Waals surface area contributed by atoms with Crippen LogP contribution in [0.25, 0.3) is 10.9 Å². The molecule has 1 heterocycles. The van der Waals surface area contributed by atoms with E-state index in [9.17, 15) is 13.7 Å². The highest BCUT2D eigenvalue weighted by atomic mass is 19.2. The molecule has 13 heavy (non-hydrogen) atoms. The van der Waals surface area contributed by atoms with E-state index in [1.165, 1.54) is 12.1 Å². The molecule has 0 aliphatic carbocycles. The lowest BCUT2D eigenvalue weighted by molar-refractivity contribution is 0.269. The van der Waals surface area contributed by atoms with Gasteiger partial charge in [0.25, 0.3) is 5.56 Å². The van der Waals surface area contributed by atoms with E-state index < -0.39 is 16.4 Å². The van der Waals surface area contributed by atoms with Crippen LogP contribution in [-0.4, -0.2) is 9.77 Å². The van der Waals surface area contributed by atoms with Crippen LogP contribution in [0, 0.1) is 6.08 Å². The van der Waals surface area contributed by atoms with Crippen molar-refractivity contribution in [3.8, 4) is 0 Å². The smallest absolute Gasteiger partial charge is 0.266 e. The summed E-state index contributed by atoms with van der Waals surface area (Å²) in [6.07, 6.45) is -1.43. The molecule has 0 aliphatic heterocycles. The molecule has 2 rings (SSSR count). The largest absolute Gasteiger partial charge is 0.321 e. The standard InChI is InChI=1S/C8H4F2N2O/c9-8-11-6-4-2-1-3-5(6)7(13)12(8)10/h1-4H. The third-order valence-corrected chi connectivity index (χ3v) is 1.69. The summed E-state index contributed by atoms with van der Waals surface area (Å²) in [5.41, 5.74) is -0.873. The van der Waals surface area contributed by atoms with Gasteiger partial charge in [-0.25, -0.2) is 4.98 Å². The number of nitrogens with zero attached hydrogens (tertiary/aromatic N) is 2. The Morgan fingerprint density at radius 3 is 2.77 bits per heavy atom. The van der Waals surface area contributed by atoms with E-state index >= 15 is 0 Å². The maximum absolute atomic E-state index is 12.6. The molecule has 5 heteroatoms. The first-order chi connectivity index (χ1) is 6.20. The van der Waals surface area contributed by atoms with Gasteiger partial charge in [0.2, 0.25) is 0 Å². The number of hydrogen-bond donors (Lipinski definition) is 0. The van der Waals surface area contributed by atoms with E-state index in [0.29, 0.717) is 0 Å². The lowest BCUT2D eigenvalue weighted by atomic mass is 10.2. The molecule has 0 fully saturated rings. The summed E-state index contributed by atoms with van der Waals surface area (Å²) in [6.45, 7) is 0. The molecule has 0 saturated heterocycles. The fourth-order valence-corrected chi connectivity index (χ4v) is 1.08. The normalized spacial score (nSPS) is 10.6. The number of hydrogen-bond acceptors (Lipinski definition) is 2. The van der Waals surface area contributed by atoms with E-state index in [2.05, 4.69) is 4.98 Å². The molecule has 0 radical (unpaired) electrons. The lowest BCUT2D eigenvalue weighted by Crippen LogP contribution is -2.18. The van der Waals surface area contributed by atoms with Gasteiger partial charge in [0.05, 0.1) is 10.9 Å². The Bertz CT molecular complexity index is 521. The van der Waals surface area contributed by atoms with Gasteiger partial charge < -0.3 is 0 Å². The molecule has 0 N–H and O–H groups in total. The molecule has 2 aromatic rings. The number of rotatable bonds is 0. The third-order valence-electron chi connectivity index (χ3n) is 1.69. The van der Waals surface area contributed by atoms with Crippen LogP contribution < -0.4 is 5.56 Å². The Labute approximate surface area is 71.2 Å². The summed E-state index contributed by atoms with van der Waals surface area (Å²) in [5, 5.41) is 0.0615. The quantitative estimate of drug-likeness (QED) is 0.575. The summed E-state index contributed by atoms with van der Waals surface area (Å²) in [4.78, 5) is 13.7. The van der Waals surface area contributed by atoms with Gasteiger partial charge in [0.15, 0.2) is 0 Å². The Morgan fingerprint density at radius 2 is 2.00 bits per heavy atom. The molecular weight excluding hydrogens is 178 g/mol. The first-order valence-electron chi connectivity index (χ1n) is 3.53. The topological polar surface area (TPSA) is 34.9 Å². The molecule has 0 unspecified atom stereocenters. The van der Waals surface area contributed by atoms with Crippen LogP contribution in [0.1, 0.15) is 0 Å². The van der Waals surface area contributed by atoms with Crippen molar-refractivity contribution in [3.05, 3.63) is 40.7 Å². The fourth-order valence-electron chi connectivity index (χ4n) is 1.08. The number of fused-ring (bicyclic) bond motifs is 1. The molecule has 1 aromatic heterocycles. The molecule has 3 nitrogen and oxygen atoms in total. The van der Waals surface area contributed by atoms with Gasteiger partial charge in [0.1, 0.15) is 0 Å². The summed E-state index contributed by atoms with van der Waals surface area (Å²) in [6, 6.07) is 5.99. The summed E-state index contributed by atoms with van der Waals surface area (Å²) < 4.78 is 25.2. The predicted molar refractivity (Wildman–Crippen MR) is 42.5 cm³/mol. The molecule has 66 valence electrons. The van der Waals surface area contributed by atoms with Gasteiger partial charge in [-0.15, -0.1) is 0 Å². The highest BCUT2D eigenvalue weighted by Gasteiger charge is 2.08. The van der Waals surface area contributed by atoms with Crippen LogP contribution in [0.4, 0.5) is 8.87 Å². The monoisotopic (exact) mass is 182 g/mol. The van der Waals surface area contributed by atoms with E-state index in [4.69, 9.17) is 0 Å². The Balaban J connectivity index is 3.03. The van der Waals surface area contributed by atoms with E-state index in [0.717, 1.165) is 0 Å². The first kappa shape index (κ1) is 7.85. The molecular formula is C8H4F2N2O. The van der Waals surface area contributed by atoms with Crippen LogP contribution in [0.5, 0.6) is 0 Å². The third kappa shape index (κ3) is 1.09. The maximum atomic E-state index is 12.6. The molecule has 1 aromatic carbocycles. The van der Waals surface area contributed by atoms with E-state index in [1.807, 2.05) is 0 Å². The fraction of sp³-hybridized carbons (Fsp3) is 0. The van der Waals surface area contributed by atoms with Crippen molar-refractivity contribution in [2.24, 2.45) is 0 Å². The van der Waals surface area contributed by atoms with E-state index in [-0.39, 0.29) is 10.9 Å². The molecule has 0 spiro atoms. The minimum Gasteiger partial charge on any atom is -0.266 e. The van der Waals surface area contributed by atoms with Gasteiger partial charge in [0, 0.05) is 0 Å². The maximum Gasteiger partial charge on any atom is 0.321 e. The summed E-state index contributed by atoms with van der Waals surface area (Å²) in [5.74, 6) is 0. The van der Waals surface area contributed by atoms with Crippen molar-refractivity contribution >= 4 is 10.9 Å². The second-order valence-corrected chi connectivity index (χ2v) is 2.48. The average Bonchev–Trinajstić information content (AvgIpc) is 2.15. The first-order valence-corrected chi connectivity index (χ1v) is 3.53. The minimum atomic E-state index is -1.43. The van der Waals surface area contributed by atoms with Crippen molar-refractivity contribution in [2.45, 2.75) is 0 Å². The highest BCUT2D eigenvalue weighted by molar-refractivity contribution is 5.76. The molecule has 0 aliphatic rings. The number of halogens is 2. The zero-order valence-electron chi connectivity index (χ0n) is 6.37. The Kier molecular flexibility index (Phi) is 1.58. The van der Waals surface area contributed by atoms with Crippen LogP contribution in [0.3, 0.4) is 0 Å². The zero-order valence-corrected chi connectivity index (χ0v) is 6.37. The zero-order chi connectivity index (χ0) is 9.42. The van der Waals surface area contributed by atoms with Crippen molar-refractivity contribution in [2.75, 3.05) is 0 Å². The van der Waals surface area contributed by atoms with Crippen molar-refractivity contribution in [3.63, 3.8) is 0 Å². The molecule has 0 atom stereocenters. The van der Waals surface area contributed by atoms with Crippen LogP contribution in [-0.2, 0) is 0 Å². The molecule has 0 bridgehead atoms. The van der Waals surface area contributed by atoms with Crippen molar-refractivity contribution in [1.82, 2.24) is 9.77 Å². The molecule has 0 amide bonds. The summed E-state index contributed by atoms with van der Waals surface area (Å²) >= 11 is 0. The number of aromatic nitrogens is 2. The second kappa shape index (κ2) is 2.62. The Morgan fingerprint density at radius 1 is 1.31 bits per heavy atom. The van der Waals surface area contributed by atoms with Gasteiger partial charge >= 0.3 is 6.08 Å². The second-order valence-electron chi connectivity index (χ2n) is 2.48. The van der Waals surface area contributed by atoms with Crippen LogP contribution in [0.2, 0.25) is 0 Å². The summed E-state index contributed by atoms with van der Waals surface area (Å²) in [7, 11) is 0. The van der Waals surface area contributed by atoms with Gasteiger partial charge in [-0.2, -0.15) is 4.39 Å². The van der Waals surface area contributed by atoms with Gasteiger partial charge in [-0.05, 0) is 12.1 Å². The van der Waals surface area contributed by atoms with Crippen LogP contribution >= 0.6 is 0 Å². The lowest BCUT2D eigenvalue weighted by Gasteiger charge is -1.97. The van der Waals surface area contributed by atoms with Crippen LogP contribution in [0.15, 0.2) is 29.1 Å². The Hall–Kier alpha value is -1.78. The number of benzene rings is 1. The minimum absolute atomic E-state index is 0.0615. The van der Waals surface area contributed by atoms with Gasteiger partial charge in [-0.1, -0.05) is 21.4 Å². The van der Waals surface area contributed by atoms with E-state index in [1.54, 1.807) is 12.1 Å².